The number of nitrogens with zero attached hydrogens (tertiary/aromatic N) is 4. The number of aliphatic carboxylic acids is 3. The quantitative estimate of drug-likeness (QED) is 0.159. The molecule has 1 saturated heterocycles. The van der Waals surface area contributed by atoms with Crippen LogP contribution in [-0.2, 0) is 19.2 Å². The van der Waals surface area contributed by atoms with Gasteiger partial charge in [-0.25, -0.2) is 0 Å². The molecule has 0 aromatic rings. The molecular weight excluding hydrogens is 550 g/mol. The van der Waals surface area contributed by atoms with Crippen molar-refractivity contribution in [2.45, 2.75) is 47.5 Å². The SMILES string of the molecule is CC(C)CCO.CCC(C)C.O=C(O)CN1CCN(CC(=O)O)CCN(CC(=O)NCCO)CCN(CC(=O)O)CC1. The Hall–Kier alpha value is -2.36. The first kappa shape index (κ1) is 41.8. The van der Waals surface area contributed by atoms with Crippen LogP contribution in [-0.4, -0.2) is 167 Å². The van der Waals surface area contributed by atoms with Crippen molar-refractivity contribution in [3.63, 3.8) is 0 Å². The van der Waals surface area contributed by atoms with Gasteiger partial charge in [-0.3, -0.25) is 38.8 Å². The van der Waals surface area contributed by atoms with E-state index in [1.54, 1.807) is 14.7 Å². The lowest BCUT2D eigenvalue weighted by Crippen LogP contribution is -2.49. The highest BCUT2D eigenvalue weighted by molar-refractivity contribution is 5.78. The Morgan fingerprint density at radius 3 is 1.10 bits per heavy atom. The fraction of sp³-hybridized carbons (Fsp3) is 0.857. The van der Waals surface area contributed by atoms with Gasteiger partial charge in [-0.15, -0.1) is 0 Å². The van der Waals surface area contributed by atoms with Gasteiger partial charge in [-0.1, -0.05) is 41.0 Å². The molecule has 1 rings (SSSR count). The summed E-state index contributed by atoms with van der Waals surface area (Å²) >= 11 is 0. The highest BCUT2D eigenvalue weighted by Gasteiger charge is 2.21. The molecule has 42 heavy (non-hydrogen) atoms. The van der Waals surface area contributed by atoms with Crippen LogP contribution in [0.1, 0.15) is 47.5 Å². The first-order chi connectivity index (χ1) is 19.7. The van der Waals surface area contributed by atoms with Crippen LogP contribution in [0.3, 0.4) is 0 Å². The van der Waals surface area contributed by atoms with E-state index < -0.39 is 17.9 Å². The zero-order chi connectivity index (χ0) is 32.5. The van der Waals surface area contributed by atoms with Crippen LogP contribution in [0.2, 0.25) is 0 Å². The van der Waals surface area contributed by atoms with Gasteiger partial charge in [0.15, 0.2) is 0 Å². The fourth-order valence-corrected chi connectivity index (χ4v) is 3.50. The molecule has 1 aliphatic heterocycles. The highest BCUT2D eigenvalue weighted by Crippen LogP contribution is 2.01. The largest absolute Gasteiger partial charge is 0.480 e. The van der Waals surface area contributed by atoms with Gasteiger partial charge in [-0.2, -0.15) is 0 Å². The van der Waals surface area contributed by atoms with E-state index in [0.717, 1.165) is 12.3 Å². The number of nitrogens with one attached hydrogen (secondary N) is 1. The third-order valence-electron chi connectivity index (χ3n) is 6.33. The summed E-state index contributed by atoms with van der Waals surface area (Å²) in [5.41, 5.74) is 0. The van der Waals surface area contributed by atoms with Crippen molar-refractivity contribution in [2.24, 2.45) is 11.8 Å². The topological polar surface area (TPSA) is 194 Å². The minimum Gasteiger partial charge on any atom is -0.480 e. The van der Waals surface area contributed by atoms with E-state index >= 15 is 0 Å². The third kappa shape index (κ3) is 27.8. The number of aliphatic hydroxyl groups excluding tert-OH is 2. The number of carboxylic acids is 3. The van der Waals surface area contributed by atoms with Crippen LogP contribution in [0.15, 0.2) is 0 Å². The third-order valence-corrected chi connectivity index (χ3v) is 6.33. The first-order valence-electron chi connectivity index (χ1n) is 14.8. The second-order valence-corrected chi connectivity index (χ2v) is 11.1. The molecule has 0 atom stereocenters. The Morgan fingerprint density at radius 2 is 0.905 bits per heavy atom. The molecule has 0 aromatic carbocycles. The Kier molecular flexibility index (Phi) is 26.1. The summed E-state index contributed by atoms with van der Waals surface area (Å²) in [6.45, 7) is 13.2. The van der Waals surface area contributed by atoms with Gasteiger partial charge < -0.3 is 30.8 Å². The number of aliphatic hydroxyl groups is 2. The lowest BCUT2D eigenvalue weighted by molar-refractivity contribution is -0.140. The Labute approximate surface area is 251 Å². The molecule has 1 aliphatic rings. The van der Waals surface area contributed by atoms with Crippen molar-refractivity contribution in [3.8, 4) is 0 Å². The molecule has 0 saturated carbocycles. The number of rotatable bonds is 13. The smallest absolute Gasteiger partial charge is 0.317 e. The molecular formula is C28H57N5O9. The fourth-order valence-electron chi connectivity index (χ4n) is 3.50. The second kappa shape index (κ2) is 26.3. The molecule has 0 bridgehead atoms. The van der Waals surface area contributed by atoms with Crippen molar-refractivity contribution >= 4 is 23.8 Å². The lowest BCUT2D eigenvalue weighted by Gasteiger charge is -2.32. The van der Waals surface area contributed by atoms with E-state index in [-0.39, 0.29) is 45.2 Å². The number of hydrogen-bond donors (Lipinski definition) is 6. The van der Waals surface area contributed by atoms with E-state index in [2.05, 4.69) is 39.9 Å². The molecule has 6 N–H and O–H groups in total. The predicted octanol–water partition coefficient (Wildman–Crippen LogP) is -0.352. The van der Waals surface area contributed by atoms with E-state index in [1.807, 2.05) is 4.90 Å². The maximum absolute atomic E-state index is 12.1. The summed E-state index contributed by atoms with van der Waals surface area (Å²) in [6, 6.07) is 0. The lowest BCUT2D eigenvalue weighted by atomic mass is 10.2. The van der Waals surface area contributed by atoms with Gasteiger partial charge in [0.25, 0.3) is 0 Å². The van der Waals surface area contributed by atoms with Crippen LogP contribution < -0.4 is 5.32 Å². The van der Waals surface area contributed by atoms with Crippen molar-refractivity contribution < 1.29 is 44.7 Å². The molecule has 0 unspecified atom stereocenters. The van der Waals surface area contributed by atoms with Gasteiger partial charge in [0, 0.05) is 65.5 Å². The summed E-state index contributed by atoms with van der Waals surface area (Å²) in [5, 5.41) is 47.2. The monoisotopic (exact) mass is 607 g/mol. The molecule has 0 aliphatic carbocycles. The zero-order valence-corrected chi connectivity index (χ0v) is 26.3. The number of carbonyl (C=O) groups excluding carboxylic acids is 1. The highest BCUT2D eigenvalue weighted by atomic mass is 16.4. The van der Waals surface area contributed by atoms with Crippen LogP contribution in [0, 0.1) is 11.8 Å². The van der Waals surface area contributed by atoms with Gasteiger partial charge in [-0.05, 0) is 18.3 Å². The Balaban J connectivity index is 0. The summed E-state index contributed by atoms with van der Waals surface area (Å²) < 4.78 is 0. The first-order valence-corrected chi connectivity index (χ1v) is 14.8. The van der Waals surface area contributed by atoms with Gasteiger partial charge in [0.2, 0.25) is 5.91 Å². The number of amides is 1. The molecule has 14 heteroatoms. The van der Waals surface area contributed by atoms with Crippen molar-refractivity contribution in [1.29, 1.82) is 0 Å². The zero-order valence-electron chi connectivity index (χ0n) is 26.3. The van der Waals surface area contributed by atoms with Crippen molar-refractivity contribution in [2.75, 3.05) is 98.3 Å². The van der Waals surface area contributed by atoms with Gasteiger partial charge >= 0.3 is 17.9 Å². The van der Waals surface area contributed by atoms with Crippen LogP contribution in [0.5, 0.6) is 0 Å². The number of hydrogen-bond acceptors (Lipinski definition) is 10. The molecule has 1 amide bonds. The van der Waals surface area contributed by atoms with Crippen molar-refractivity contribution in [1.82, 2.24) is 24.9 Å². The van der Waals surface area contributed by atoms with Crippen LogP contribution >= 0.6 is 0 Å². The Bertz CT molecular complexity index is 709. The Morgan fingerprint density at radius 1 is 0.595 bits per heavy atom. The molecule has 1 heterocycles. The second-order valence-electron chi connectivity index (χ2n) is 11.1. The number of carbonyl (C=O) groups is 4. The van der Waals surface area contributed by atoms with E-state index in [0.29, 0.717) is 64.9 Å². The van der Waals surface area contributed by atoms with Crippen molar-refractivity contribution in [3.05, 3.63) is 0 Å². The molecule has 14 nitrogen and oxygen atoms in total. The molecule has 0 aromatic heterocycles. The van der Waals surface area contributed by atoms with Crippen LogP contribution in [0.25, 0.3) is 0 Å². The normalized spacial score (nSPS) is 16.3. The average molecular weight is 608 g/mol. The maximum atomic E-state index is 12.1. The van der Waals surface area contributed by atoms with Crippen LogP contribution in [0.4, 0.5) is 0 Å². The summed E-state index contributed by atoms with van der Waals surface area (Å²) in [4.78, 5) is 52.5. The van der Waals surface area contributed by atoms with Gasteiger partial charge in [0.1, 0.15) is 0 Å². The molecule has 0 radical (unpaired) electrons. The summed E-state index contributed by atoms with van der Waals surface area (Å²) in [5.74, 6) is -1.77. The van der Waals surface area contributed by atoms with E-state index in [4.69, 9.17) is 15.3 Å². The predicted molar refractivity (Wildman–Crippen MR) is 160 cm³/mol. The maximum Gasteiger partial charge on any atom is 0.317 e. The molecule has 1 fully saturated rings. The minimum absolute atomic E-state index is 0.0347. The molecule has 0 spiro atoms. The number of carboxylic acid groups (broad SMARTS) is 3. The standard InChI is InChI=1S/C18H33N5O8.C5H12O.C5H12/c24-10-1-19-15(25)11-20-2-4-21(12-16(26)27)6-8-23(14-18(30)31)9-7-22(5-3-20)13-17(28)29;1-5(2)3-4-6;1-4-5(2)3/h24H,1-14H2,(H,19,25)(H,26,27)(H,28,29)(H,30,31);5-6H,3-4H2,1-2H3;5H,4H2,1-3H3. The summed E-state index contributed by atoms with van der Waals surface area (Å²) in [7, 11) is 0. The van der Waals surface area contributed by atoms with E-state index in [1.165, 1.54) is 6.42 Å². The average Bonchev–Trinajstić information content (AvgIpc) is 2.88. The minimum atomic E-state index is -1.01. The van der Waals surface area contributed by atoms with Gasteiger partial charge in [0.05, 0.1) is 32.8 Å². The summed E-state index contributed by atoms with van der Waals surface area (Å²) in [6.07, 6.45) is 2.24. The molecule has 248 valence electrons. The van der Waals surface area contributed by atoms with E-state index in [9.17, 15) is 29.4 Å².